The van der Waals surface area contributed by atoms with Gasteiger partial charge in [-0.05, 0) is 61.8 Å². The van der Waals surface area contributed by atoms with Crippen LogP contribution in [0.3, 0.4) is 0 Å². The molecule has 0 aliphatic heterocycles. The highest BCUT2D eigenvalue weighted by Crippen LogP contribution is 2.33. The summed E-state index contributed by atoms with van der Waals surface area (Å²) in [7, 11) is 3.85. The molecule has 1 aromatic heterocycles. The molecule has 1 saturated carbocycles. The van der Waals surface area contributed by atoms with E-state index >= 15 is 0 Å². The Morgan fingerprint density at radius 1 is 1.18 bits per heavy atom. The van der Waals surface area contributed by atoms with Crippen molar-refractivity contribution in [1.82, 2.24) is 9.97 Å². The SMILES string of the molecule is CN(C)c1ccnc(NC2CCC(C(N)Cc3ccc(Br)cc3OC(F)(F)F)CC2)n1.Cl.Cl. The van der Waals surface area contributed by atoms with Gasteiger partial charge in [0.25, 0.3) is 0 Å². The lowest BCUT2D eigenvalue weighted by Gasteiger charge is -2.33. The van der Waals surface area contributed by atoms with Gasteiger partial charge in [-0.2, -0.15) is 4.98 Å². The molecule has 6 nitrogen and oxygen atoms in total. The van der Waals surface area contributed by atoms with E-state index < -0.39 is 6.36 Å². The first kappa shape index (κ1) is 29.5. The van der Waals surface area contributed by atoms with Gasteiger partial charge in [0, 0.05) is 36.8 Å². The highest BCUT2D eigenvalue weighted by atomic mass is 79.9. The van der Waals surface area contributed by atoms with Crippen LogP contribution < -0.4 is 20.7 Å². The third-order valence-corrected chi connectivity index (χ3v) is 6.01. The molecule has 1 fully saturated rings. The van der Waals surface area contributed by atoms with Crippen LogP contribution in [0.25, 0.3) is 0 Å². The summed E-state index contributed by atoms with van der Waals surface area (Å²) < 4.78 is 43.0. The molecule has 3 rings (SSSR count). The smallest absolute Gasteiger partial charge is 0.405 e. The summed E-state index contributed by atoms with van der Waals surface area (Å²) in [5.74, 6) is 1.46. The zero-order chi connectivity index (χ0) is 22.6. The number of nitrogens with zero attached hydrogens (tertiary/aromatic N) is 3. The minimum absolute atomic E-state index is 0. The summed E-state index contributed by atoms with van der Waals surface area (Å²) in [6.07, 6.45) is 0.895. The molecule has 1 heterocycles. The van der Waals surface area contributed by atoms with E-state index in [1.807, 2.05) is 25.1 Å². The van der Waals surface area contributed by atoms with Crippen LogP contribution in [-0.4, -0.2) is 42.5 Å². The van der Waals surface area contributed by atoms with Crippen LogP contribution >= 0.6 is 40.7 Å². The van der Waals surface area contributed by atoms with E-state index in [2.05, 4.69) is 36.0 Å². The van der Waals surface area contributed by atoms with Gasteiger partial charge in [0.05, 0.1) is 0 Å². The minimum Gasteiger partial charge on any atom is -0.405 e. The molecule has 0 saturated heterocycles. The van der Waals surface area contributed by atoms with Crippen molar-refractivity contribution >= 4 is 52.5 Å². The third kappa shape index (κ3) is 8.99. The molecule has 1 aliphatic rings. The Bertz CT molecular complexity index is 883. The van der Waals surface area contributed by atoms with Gasteiger partial charge in [-0.3, -0.25) is 0 Å². The van der Waals surface area contributed by atoms with Crippen molar-refractivity contribution in [3.8, 4) is 5.75 Å². The highest BCUT2D eigenvalue weighted by molar-refractivity contribution is 9.10. The van der Waals surface area contributed by atoms with E-state index in [4.69, 9.17) is 5.73 Å². The second-order valence-corrected chi connectivity index (χ2v) is 8.97. The van der Waals surface area contributed by atoms with E-state index in [0.29, 0.717) is 22.4 Å². The Kier molecular flexibility index (Phi) is 11.5. The average molecular weight is 575 g/mol. The topological polar surface area (TPSA) is 76.3 Å². The maximum Gasteiger partial charge on any atom is 0.573 e. The fraction of sp³-hybridized carbons (Fsp3) is 0.524. The molecule has 1 aliphatic carbocycles. The van der Waals surface area contributed by atoms with E-state index in [0.717, 1.165) is 31.5 Å². The van der Waals surface area contributed by atoms with Gasteiger partial charge in [-0.1, -0.05) is 22.0 Å². The van der Waals surface area contributed by atoms with E-state index in [9.17, 15) is 13.2 Å². The maximum absolute atomic E-state index is 12.7. The molecule has 2 aromatic rings. The minimum atomic E-state index is -4.74. The van der Waals surface area contributed by atoms with Crippen molar-refractivity contribution in [3.05, 3.63) is 40.5 Å². The van der Waals surface area contributed by atoms with Crippen LogP contribution in [0.5, 0.6) is 5.75 Å². The van der Waals surface area contributed by atoms with Crippen LogP contribution in [0.15, 0.2) is 34.9 Å². The first-order valence-corrected chi connectivity index (χ1v) is 11.0. The number of anilines is 2. The van der Waals surface area contributed by atoms with E-state index in [-0.39, 0.29) is 48.6 Å². The number of alkyl halides is 3. The largest absolute Gasteiger partial charge is 0.573 e. The van der Waals surface area contributed by atoms with Crippen molar-refractivity contribution in [2.45, 2.75) is 50.6 Å². The second kappa shape index (κ2) is 12.8. The lowest BCUT2D eigenvalue weighted by atomic mass is 9.80. The number of benzene rings is 1. The lowest BCUT2D eigenvalue weighted by Crippen LogP contribution is -2.37. The Morgan fingerprint density at radius 2 is 1.85 bits per heavy atom. The Balaban J connectivity index is 0.00000272. The quantitative estimate of drug-likeness (QED) is 0.449. The summed E-state index contributed by atoms with van der Waals surface area (Å²) in [5, 5.41) is 3.39. The van der Waals surface area contributed by atoms with Crippen molar-refractivity contribution in [2.24, 2.45) is 11.7 Å². The average Bonchev–Trinajstić information content (AvgIpc) is 2.69. The number of nitrogens with two attached hydrogens (primary N) is 1. The second-order valence-electron chi connectivity index (χ2n) is 8.06. The molecule has 1 unspecified atom stereocenters. The van der Waals surface area contributed by atoms with Crippen molar-refractivity contribution in [1.29, 1.82) is 0 Å². The van der Waals surface area contributed by atoms with Gasteiger partial charge in [0.2, 0.25) is 5.95 Å². The molecular formula is C21H29BrCl2F3N5O. The fourth-order valence-electron chi connectivity index (χ4n) is 3.88. The number of ether oxygens (including phenoxy) is 1. The number of halogens is 6. The Labute approximate surface area is 212 Å². The first-order valence-electron chi connectivity index (χ1n) is 10.2. The van der Waals surface area contributed by atoms with Crippen LogP contribution in [0, 0.1) is 5.92 Å². The van der Waals surface area contributed by atoms with Gasteiger partial charge >= 0.3 is 6.36 Å². The van der Waals surface area contributed by atoms with Crippen molar-refractivity contribution in [3.63, 3.8) is 0 Å². The zero-order valence-corrected chi connectivity index (χ0v) is 21.5. The predicted octanol–water partition coefficient (Wildman–Crippen LogP) is 5.59. The molecule has 186 valence electrons. The fourth-order valence-corrected chi connectivity index (χ4v) is 4.22. The molecule has 1 atom stereocenters. The van der Waals surface area contributed by atoms with Gasteiger partial charge in [0.15, 0.2) is 0 Å². The van der Waals surface area contributed by atoms with Crippen LogP contribution in [0.4, 0.5) is 24.9 Å². The Hall–Kier alpha value is -1.49. The van der Waals surface area contributed by atoms with Gasteiger partial charge < -0.3 is 20.7 Å². The molecule has 33 heavy (non-hydrogen) atoms. The summed E-state index contributed by atoms with van der Waals surface area (Å²) in [6.45, 7) is 0. The number of hydrogen-bond donors (Lipinski definition) is 2. The molecule has 0 radical (unpaired) electrons. The summed E-state index contributed by atoms with van der Waals surface area (Å²) >= 11 is 3.19. The van der Waals surface area contributed by atoms with Crippen LogP contribution in [-0.2, 0) is 6.42 Å². The van der Waals surface area contributed by atoms with E-state index in [1.54, 1.807) is 18.3 Å². The third-order valence-electron chi connectivity index (χ3n) is 5.52. The Morgan fingerprint density at radius 3 is 2.45 bits per heavy atom. The first-order chi connectivity index (χ1) is 14.6. The summed E-state index contributed by atoms with van der Waals surface area (Å²) in [5.41, 5.74) is 6.86. The number of aromatic nitrogens is 2. The van der Waals surface area contributed by atoms with Crippen LogP contribution in [0.1, 0.15) is 31.2 Å². The van der Waals surface area contributed by atoms with Crippen molar-refractivity contribution in [2.75, 3.05) is 24.3 Å². The van der Waals surface area contributed by atoms with Gasteiger partial charge in [-0.25, -0.2) is 4.98 Å². The maximum atomic E-state index is 12.7. The molecule has 12 heteroatoms. The monoisotopic (exact) mass is 573 g/mol. The lowest BCUT2D eigenvalue weighted by molar-refractivity contribution is -0.274. The molecule has 0 amide bonds. The molecule has 1 aromatic carbocycles. The number of rotatable bonds is 7. The van der Waals surface area contributed by atoms with E-state index in [1.165, 1.54) is 6.07 Å². The molecule has 0 spiro atoms. The predicted molar refractivity (Wildman–Crippen MR) is 133 cm³/mol. The summed E-state index contributed by atoms with van der Waals surface area (Å²) in [4.78, 5) is 10.7. The number of nitrogens with one attached hydrogen (secondary N) is 1. The van der Waals surface area contributed by atoms with Crippen molar-refractivity contribution < 1.29 is 17.9 Å². The zero-order valence-electron chi connectivity index (χ0n) is 18.3. The molecule has 0 bridgehead atoms. The van der Waals surface area contributed by atoms with Gasteiger partial charge in [-0.15, -0.1) is 38.0 Å². The van der Waals surface area contributed by atoms with Gasteiger partial charge in [0.1, 0.15) is 11.6 Å². The highest BCUT2D eigenvalue weighted by Gasteiger charge is 2.33. The molecule has 3 N–H and O–H groups in total. The van der Waals surface area contributed by atoms with Crippen LogP contribution in [0.2, 0.25) is 0 Å². The number of hydrogen-bond acceptors (Lipinski definition) is 6. The molecular weight excluding hydrogens is 546 g/mol. The summed E-state index contributed by atoms with van der Waals surface area (Å²) in [6, 6.07) is 6.52. The normalized spacial score (nSPS) is 19.0. The standard InChI is InChI=1S/C21H27BrF3N5O.2ClH/c1-30(2)19-9-10-27-20(29-19)28-16-7-4-13(5-8-16)17(26)11-14-3-6-15(22)12-18(14)31-21(23,24)25;;/h3,6,9-10,12-13,16-17H,4-5,7-8,11,26H2,1-2H3,(H,27,28,29);2*1H.